The fourth-order valence-corrected chi connectivity index (χ4v) is 2.58. The first-order valence-electron chi connectivity index (χ1n) is 8.05. The van der Waals surface area contributed by atoms with Crippen LogP contribution in [0.3, 0.4) is 0 Å². The summed E-state index contributed by atoms with van der Waals surface area (Å²) >= 11 is 0. The van der Waals surface area contributed by atoms with E-state index in [0.29, 0.717) is 0 Å². The molecule has 0 saturated carbocycles. The summed E-state index contributed by atoms with van der Waals surface area (Å²) in [5, 5.41) is 3.00. The zero-order valence-electron chi connectivity index (χ0n) is 15.0. The predicted molar refractivity (Wildman–Crippen MR) is 94.9 cm³/mol. The van der Waals surface area contributed by atoms with Gasteiger partial charge in [0.25, 0.3) is 5.91 Å². The monoisotopic (exact) mass is 327 g/mol. The molecule has 24 heavy (non-hydrogen) atoms. The van der Waals surface area contributed by atoms with Gasteiger partial charge in [0.05, 0.1) is 6.04 Å². The van der Waals surface area contributed by atoms with Crippen LogP contribution in [0.1, 0.15) is 54.8 Å². The normalized spacial score (nSPS) is 12.7. The standard InChI is InChI=1S/C19H25N3O2/c1-13-9-17(23)15(12-22(13)5)18(24)21-16(10-19(2,3)4)14-7-6-8-20-11-14/h6-9,11-12,16H,10H2,1-5H3,(H,21,24)/t16-/m1/s1. The van der Waals surface area contributed by atoms with Crippen LogP contribution in [-0.4, -0.2) is 15.5 Å². The van der Waals surface area contributed by atoms with Crippen molar-refractivity contribution < 1.29 is 4.79 Å². The molecule has 2 heterocycles. The third-order valence-electron chi connectivity index (χ3n) is 3.94. The molecule has 0 bridgehead atoms. The van der Waals surface area contributed by atoms with E-state index in [-0.39, 0.29) is 28.4 Å². The lowest BCUT2D eigenvalue weighted by molar-refractivity contribution is 0.0924. The fraction of sp³-hybridized carbons (Fsp3) is 0.421. The Hall–Kier alpha value is -2.43. The number of nitrogens with zero attached hydrogens (tertiary/aromatic N) is 2. The van der Waals surface area contributed by atoms with E-state index < -0.39 is 0 Å². The van der Waals surface area contributed by atoms with Gasteiger partial charge in [0.2, 0.25) is 0 Å². The van der Waals surface area contributed by atoms with E-state index in [9.17, 15) is 9.59 Å². The van der Waals surface area contributed by atoms with Crippen molar-refractivity contribution >= 4 is 5.91 Å². The van der Waals surface area contributed by atoms with Gasteiger partial charge in [-0.3, -0.25) is 14.6 Å². The first kappa shape index (κ1) is 17.9. The van der Waals surface area contributed by atoms with Crippen molar-refractivity contribution in [3.8, 4) is 0 Å². The lowest BCUT2D eigenvalue weighted by Crippen LogP contribution is -2.34. The number of hydrogen-bond donors (Lipinski definition) is 1. The summed E-state index contributed by atoms with van der Waals surface area (Å²) in [6.07, 6.45) is 5.79. The molecule has 2 aromatic rings. The maximum atomic E-state index is 12.7. The summed E-state index contributed by atoms with van der Waals surface area (Å²) < 4.78 is 1.78. The minimum absolute atomic E-state index is 0.0199. The Morgan fingerprint density at radius 3 is 2.67 bits per heavy atom. The van der Waals surface area contributed by atoms with Crippen molar-refractivity contribution in [2.45, 2.75) is 40.2 Å². The molecule has 1 amide bonds. The molecule has 0 aromatic carbocycles. The molecule has 0 aliphatic heterocycles. The molecule has 0 fully saturated rings. The van der Waals surface area contributed by atoms with Crippen molar-refractivity contribution in [1.82, 2.24) is 14.9 Å². The summed E-state index contributed by atoms with van der Waals surface area (Å²) in [5.41, 5.74) is 1.67. The first-order chi connectivity index (χ1) is 11.2. The number of amides is 1. The molecular weight excluding hydrogens is 302 g/mol. The number of carbonyl (C=O) groups is 1. The topological polar surface area (TPSA) is 64.0 Å². The lowest BCUT2D eigenvalue weighted by Gasteiger charge is -2.27. The van der Waals surface area contributed by atoms with E-state index >= 15 is 0 Å². The fourth-order valence-electron chi connectivity index (χ4n) is 2.58. The van der Waals surface area contributed by atoms with Gasteiger partial charge in [-0.25, -0.2) is 0 Å². The van der Waals surface area contributed by atoms with Crippen molar-refractivity contribution in [3.63, 3.8) is 0 Å². The maximum Gasteiger partial charge on any atom is 0.257 e. The van der Waals surface area contributed by atoms with Crippen LogP contribution in [-0.2, 0) is 7.05 Å². The van der Waals surface area contributed by atoms with Crippen LogP contribution in [0.4, 0.5) is 0 Å². The highest BCUT2D eigenvalue weighted by atomic mass is 16.2. The van der Waals surface area contributed by atoms with Crippen molar-refractivity contribution in [2.24, 2.45) is 12.5 Å². The summed E-state index contributed by atoms with van der Waals surface area (Å²) in [6, 6.07) is 5.08. The number of nitrogens with one attached hydrogen (secondary N) is 1. The number of aromatic nitrogens is 2. The second-order valence-corrected chi connectivity index (χ2v) is 7.38. The molecule has 2 aromatic heterocycles. The molecule has 0 spiro atoms. The number of carbonyl (C=O) groups excluding carboxylic acids is 1. The summed E-state index contributed by atoms with van der Waals surface area (Å²) in [5.74, 6) is -0.353. The minimum Gasteiger partial charge on any atom is -0.354 e. The predicted octanol–water partition coefficient (Wildman–Crippen LogP) is 3.00. The van der Waals surface area contributed by atoms with Gasteiger partial charge in [-0.15, -0.1) is 0 Å². The average Bonchev–Trinajstić information content (AvgIpc) is 2.49. The van der Waals surface area contributed by atoms with Gasteiger partial charge in [0.15, 0.2) is 5.43 Å². The molecule has 0 saturated heterocycles. The largest absolute Gasteiger partial charge is 0.354 e. The van der Waals surface area contributed by atoms with Gasteiger partial charge in [0, 0.05) is 37.4 Å². The molecule has 0 unspecified atom stereocenters. The number of hydrogen-bond acceptors (Lipinski definition) is 3. The summed E-state index contributed by atoms with van der Waals surface area (Å²) in [7, 11) is 1.82. The second kappa shape index (κ2) is 6.99. The van der Waals surface area contributed by atoms with E-state index in [1.165, 1.54) is 6.07 Å². The van der Waals surface area contributed by atoms with Crippen LogP contribution in [0.25, 0.3) is 0 Å². The molecule has 0 aliphatic carbocycles. The second-order valence-electron chi connectivity index (χ2n) is 7.38. The van der Waals surface area contributed by atoms with Crippen molar-refractivity contribution in [1.29, 1.82) is 0 Å². The number of pyridine rings is 2. The molecule has 128 valence electrons. The molecule has 1 atom stereocenters. The van der Waals surface area contributed by atoms with Gasteiger partial charge in [0.1, 0.15) is 5.56 Å². The third kappa shape index (κ3) is 4.54. The Balaban J connectivity index is 2.31. The third-order valence-corrected chi connectivity index (χ3v) is 3.94. The van der Waals surface area contributed by atoms with E-state index in [1.807, 2.05) is 26.1 Å². The zero-order valence-corrected chi connectivity index (χ0v) is 15.0. The van der Waals surface area contributed by atoms with Gasteiger partial charge in [-0.2, -0.15) is 0 Å². The quantitative estimate of drug-likeness (QED) is 0.939. The van der Waals surface area contributed by atoms with E-state index in [1.54, 1.807) is 23.2 Å². The zero-order chi connectivity index (χ0) is 17.9. The molecule has 0 radical (unpaired) electrons. The van der Waals surface area contributed by atoms with Gasteiger partial charge in [-0.05, 0) is 30.4 Å². The van der Waals surface area contributed by atoms with Gasteiger partial charge in [-0.1, -0.05) is 26.8 Å². The number of rotatable bonds is 4. The Morgan fingerprint density at radius 2 is 2.08 bits per heavy atom. The van der Waals surface area contributed by atoms with E-state index in [0.717, 1.165) is 17.7 Å². The van der Waals surface area contributed by atoms with Crippen LogP contribution in [0, 0.1) is 12.3 Å². The molecule has 5 heteroatoms. The Kier molecular flexibility index (Phi) is 5.22. The lowest BCUT2D eigenvalue weighted by atomic mass is 9.85. The Bertz CT molecular complexity index is 773. The van der Waals surface area contributed by atoms with Crippen LogP contribution >= 0.6 is 0 Å². The molecule has 0 aliphatic rings. The highest BCUT2D eigenvalue weighted by Gasteiger charge is 2.23. The van der Waals surface area contributed by atoms with Crippen LogP contribution in [0.15, 0.2) is 41.6 Å². The highest BCUT2D eigenvalue weighted by molar-refractivity contribution is 5.94. The maximum absolute atomic E-state index is 12.7. The van der Waals surface area contributed by atoms with Gasteiger partial charge >= 0.3 is 0 Å². The van der Waals surface area contributed by atoms with Crippen molar-refractivity contribution in [2.75, 3.05) is 0 Å². The van der Waals surface area contributed by atoms with Crippen molar-refractivity contribution in [3.05, 3.63) is 63.8 Å². The Labute approximate surface area is 142 Å². The minimum atomic E-state index is -0.353. The van der Waals surface area contributed by atoms with Crippen LogP contribution < -0.4 is 10.7 Å². The molecule has 2 rings (SSSR count). The Morgan fingerprint density at radius 1 is 1.38 bits per heavy atom. The summed E-state index contributed by atoms with van der Waals surface area (Å²) in [4.78, 5) is 28.9. The van der Waals surface area contributed by atoms with E-state index in [4.69, 9.17) is 0 Å². The van der Waals surface area contributed by atoms with Crippen LogP contribution in [0.5, 0.6) is 0 Å². The SMILES string of the molecule is Cc1cc(=O)c(C(=O)N[C@H](CC(C)(C)C)c2cccnc2)cn1C. The van der Waals surface area contributed by atoms with Crippen LogP contribution in [0.2, 0.25) is 0 Å². The molecule has 1 N–H and O–H groups in total. The molecular formula is C19H25N3O2. The highest BCUT2D eigenvalue weighted by Crippen LogP contribution is 2.29. The molecule has 5 nitrogen and oxygen atoms in total. The van der Waals surface area contributed by atoms with Gasteiger partial charge < -0.3 is 9.88 Å². The summed E-state index contributed by atoms with van der Waals surface area (Å²) in [6.45, 7) is 8.19. The van der Waals surface area contributed by atoms with E-state index in [2.05, 4.69) is 31.1 Å². The average molecular weight is 327 g/mol. The first-order valence-corrected chi connectivity index (χ1v) is 8.05. The number of aryl methyl sites for hydroxylation is 2. The smallest absolute Gasteiger partial charge is 0.257 e.